The predicted molar refractivity (Wildman–Crippen MR) is 70.6 cm³/mol. The van der Waals surface area contributed by atoms with E-state index in [1.54, 1.807) is 0 Å². The summed E-state index contributed by atoms with van der Waals surface area (Å²) in [5.74, 6) is -0.319. The molecule has 0 radical (unpaired) electrons. The number of hydrogen-bond donors (Lipinski definition) is 1. The lowest BCUT2D eigenvalue weighted by atomic mass is 9.92. The minimum Gasteiger partial charge on any atom is -0.481 e. The van der Waals surface area contributed by atoms with Gasteiger partial charge in [-0.05, 0) is 36.5 Å². The highest BCUT2D eigenvalue weighted by atomic mass is 32.1. The van der Waals surface area contributed by atoms with Gasteiger partial charge in [0.25, 0.3) is 0 Å². The van der Waals surface area contributed by atoms with Crippen molar-refractivity contribution in [3.05, 3.63) is 16.3 Å². The zero-order chi connectivity index (χ0) is 13.8. The summed E-state index contributed by atoms with van der Waals surface area (Å²) in [6.45, 7) is 1.57. The number of rotatable bonds is 5. The van der Waals surface area contributed by atoms with Crippen molar-refractivity contribution < 1.29 is 14.8 Å². The van der Waals surface area contributed by atoms with Crippen molar-refractivity contribution in [3.63, 3.8) is 0 Å². The fourth-order valence-corrected chi connectivity index (χ4v) is 3.01. The van der Waals surface area contributed by atoms with Crippen LogP contribution in [0.15, 0.2) is 6.20 Å². The highest BCUT2D eigenvalue weighted by Crippen LogP contribution is 2.31. The molecule has 0 saturated carbocycles. The summed E-state index contributed by atoms with van der Waals surface area (Å²) >= 11 is 1.09. The molecule has 1 aromatic rings. The van der Waals surface area contributed by atoms with Crippen LogP contribution in [-0.2, 0) is 4.79 Å². The Labute approximate surface area is 114 Å². The van der Waals surface area contributed by atoms with Crippen molar-refractivity contribution in [2.45, 2.75) is 25.7 Å². The molecule has 1 N–H and O–H groups in total. The molecule has 0 atom stereocenters. The molecule has 1 aliphatic heterocycles. The number of carbonyl (C=O) groups is 1. The molecule has 0 spiro atoms. The number of piperidine rings is 1. The SMILES string of the molecule is O=C(O)CCC1CCN(c2ncc([N+](=O)[O-])s2)CC1. The second-order valence-corrected chi connectivity index (χ2v) is 5.59. The molecule has 2 rings (SSSR count). The van der Waals surface area contributed by atoms with Gasteiger partial charge in [-0.15, -0.1) is 0 Å². The fraction of sp³-hybridized carbons (Fsp3) is 0.636. The number of aliphatic carboxylic acids is 1. The summed E-state index contributed by atoms with van der Waals surface area (Å²) < 4.78 is 0. The molecular weight excluding hydrogens is 270 g/mol. The number of hydrogen-bond acceptors (Lipinski definition) is 6. The molecule has 1 saturated heterocycles. The molecule has 0 aromatic carbocycles. The second-order valence-electron chi connectivity index (χ2n) is 4.60. The van der Waals surface area contributed by atoms with Gasteiger partial charge in [0.2, 0.25) is 0 Å². The van der Waals surface area contributed by atoms with Gasteiger partial charge in [-0.1, -0.05) is 0 Å². The lowest BCUT2D eigenvalue weighted by Crippen LogP contribution is -2.33. The number of nitrogens with zero attached hydrogens (tertiary/aromatic N) is 3. The van der Waals surface area contributed by atoms with E-state index in [1.807, 2.05) is 4.90 Å². The Hall–Kier alpha value is -1.70. The van der Waals surface area contributed by atoms with Crippen LogP contribution in [0, 0.1) is 16.0 Å². The summed E-state index contributed by atoms with van der Waals surface area (Å²) in [6, 6.07) is 0. The number of carboxylic acid groups (broad SMARTS) is 1. The van der Waals surface area contributed by atoms with E-state index in [0.29, 0.717) is 17.5 Å². The molecular formula is C11H15N3O4S. The van der Waals surface area contributed by atoms with E-state index in [0.717, 1.165) is 37.3 Å². The van der Waals surface area contributed by atoms with Gasteiger partial charge in [0.15, 0.2) is 5.13 Å². The summed E-state index contributed by atoms with van der Waals surface area (Å²) in [6.07, 6.45) is 4.05. The van der Waals surface area contributed by atoms with Crippen molar-refractivity contribution in [1.29, 1.82) is 0 Å². The molecule has 0 amide bonds. The van der Waals surface area contributed by atoms with Crippen molar-refractivity contribution in [2.24, 2.45) is 5.92 Å². The highest BCUT2D eigenvalue weighted by Gasteiger charge is 2.23. The quantitative estimate of drug-likeness (QED) is 0.657. The summed E-state index contributed by atoms with van der Waals surface area (Å²) in [5.41, 5.74) is 0. The van der Waals surface area contributed by atoms with E-state index in [4.69, 9.17) is 5.11 Å². The maximum atomic E-state index is 10.6. The van der Waals surface area contributed by atoms with Crippen LogP contribution in [0.4, 0.5) is 10.1 Å². The zero-order valence-corrected chi connectivity index (χ0v) is 11.1. The normalized spacial score (nSPS) is 16.5. The molecule has 19 heavy (non-hydrogen) atoms. The summed E-state index contributed by atoms with van der Waals surface area (Å²) in [4.78, 5) is 26.8. The largest absolute Gasteiger partial charge is 0.481 e. The highest BCUT2D eigenvalue weighted by molar-refractivity contribution is 7.18. The maximum absolute atomic E-state index is 10.6. The van der Waals surface area contributed by atoms with Crippen LogP contribution >= 0.6 is 11.3 Å². The van der Waals surface area contributed by atoms with Crippen LogP contribution in [0.3, 0.4) is 0 Å². The van der Waals surface area contributed by atoms with Gasteiger partial charge in [-0.2, -0.15) is 0 Å². The average molecular weight is 285 g/mol. The van der Waals surface area contributed by atoms with Crippen LogP contribution < -0.4 is 4.90 Å². The van der Waals surface area contributed by atoms with Gasteiger partial charge in [-0.3, -0.25) is 14.9 Å². The number of anilines is 1. The Morgan fingerprint density at radius 3 is 2.79 bits per heavy atom. The van der Waals surface area contributed by atoms with Gasteiger partial charge < -0.3 is 10.0 Å². The van der Waals surface area contributed by atoms with Crippen molar-refractivity contribution >= 4 is 27.4 Å². The van der Waals surface area contributed by atoms with Gasteiger partial charge >= 0.3 is 11.0 Å². The minimum atomic E-state index is -0.752. The summed E-state index contributed by atoms with van der Waals surface area (Å²) in [5, 5.41) is 20.0. The van der Waals surface area contributed by atoms with Crippen LogP contribution in [0.2, 0.25) is 0 Å². The first kappa shape index (κ1) is 13.7. The predicted octanol–water partition coefficient (Wildman–Crippen LogP) is 2.13. The van der Waals surface area contributed by atoms with Crippen LogP contribution in [0.1, 0.15) is 25.7 Å². The van der Waals surface area contributed by atoms with Crippen LogP contribution in [-0.4, -0.2) is 34.1 Å². The minimum absolute atomic E-state index is 0.0583. The number of thiazole rings is 1. The molecule has 1 fully saturated rings. The van der Waals surface area contributed by atoms with Gasteiger partial charge in [0.1, 0.15) is 6.20 Å². The van der Waals surface area contributed by atoms with Crippen LogP contribution in [0.25, 0.3) is 0 Å². The van der Waals surface area contributed by atoms with E-state index in [-0.39, 0.29) is 11.4 Å². The standard InChI is InChI=1S/C11H15N3O4S/c15-10(16)2-1-8-3-5-13(6-4-8)11-12-7-9(19-11)14(17)18/h7-8H,1-6H2,(H,15,16). The van der Waals surface area contributed by atoms with Crippen molar-refractivity contribution in [1.82, 2.24) is 4.98 Å². The monoisotopic (exact) mass is 285 g/mol. The fourth-order valence-electron chi connectivity index (χ4n) is 2.23. The Kier molecular flexibility index (Phi) is 4.31. The molecule has 1 aliphatic rings. The van der Waals surface area contributed by atoms with Gasteiger partial charge in [-0.25, -0.2) is 4.98 Å². The number of carboxylic acids is 1. The Bertz CT molecular complexity index is 468. The Balaban J connectivity index is 1.85. The van der Waals surface area contributed by atoms with Gasteiger partial charge in [0, 0.05) is 19.5 Å². The third-order valence-electron chi connectivity index (χ3n) is 3.31. The molecule has 1 aromatic heterocycles. The summed E-state index contributed by atoms with van der Waals surface area (Å²) in [7, 11) is 0. The lowest BCUT2D eigenvalue weighted by molar-refractivity contribution is -0.380. The molecule has 0 bridgehead atoms. The van der Waals surface area contributed by atoms with Gasteiger partial charge in [0.05, 0.1) is 4.92 Å². The van der Waals surface area contributed by atoms with E-state index < -0.39 is 10.9 Å². The van der Waals surface area contributed by atoms with E-state index in [1.165, 1.54) is 6.20 Å². The third-order valence-corrected chi connectivity index (χ3v) is 4.32. The third kappa shape index (κ3) is 3.63. The van der Waals surface area contributed by atoms with E-state index >= 15 is 0 Å². The second kappa shape index (κ2) is 5.96. The average Bonchev–Trinajstić information content (AvgIpc) is 2.86. The molecule has 2 heterocycles. The van der Waals surface area contributed by atoms with E-state index in [9.17, 15) is 14.9 Å². The number of nitro groups is 1. The Morgan fingerprint density at radius 2 is 2.26 bits per heavy atom. The first-order valence-electron chi connectivity index (χ1n) is 6.13. The van der Waals surface area contributed by atoms with Crippen molar-refractivity contribution in [2.75, 3.05) is 18.0 Å². The molecule has 0 aliphatic carbocycles. The molecule has 8 heteroatoms. The smallest absolute Gasteiger partial charge is 0.345 e. The first-order chi connectivity index (χ1) is 9.06. The van der Waals surface area contributed by atoms with Crippen LogP contribution in [0.5, 0.6) is 0 Å². The van der Waals surface area contributed by atoms with E-state index in [2.05, 4.69) is 4.98 Å². The number of aromatic nitrogens is 1. The molecule has 104 valence electrons. The molecule has 7 nitrogen and oxygen atoms in total. The lowest BCUT2D eigenvalue weighted by Gasteiger charge is -2.31. The molecule has 0 unspecified atom stereocenters. The maximum Gasteiger partial charge on any atom is 0.345 e. The zero-order valence-electron chi connectivity index (χ0n) is 10.3. The van der Waals surface area contributed by atoms with Crippen molar-refractivity contribution in [3.8, 4) is 0 Å². The first-order valence-corrected chi connectivity index (χ1v) is 6.95. The Morgan fingerprint density at radius 1 is 1.58 bits per heavy atom. The topological polar surface area (TPSA) is 96.6 Å².